The highest BCUT2D eigenvalue weighted by molar-refractivity contribution is 6.11. The van der Waals surface area contributed by atoms with Crippen molar-refractivity contribution in [3.8, 4) is 18.1 Å². The normalized spacial score (nSPS) is 20.3. The number of nitrogens with zero attached hydrogens (tertiary/aromatic N) is 1. The first-order chi connectivity index (χ1) is 13.6. The summed E-state index contributed by atoms with van der Waals surface area (Å²) in [5, 5.41) is 4.38. The van der Waals surface area contributed by atoms with Crippen LogP contribution in [0, 0.1) is 18.2 Å². The van der Waals surface area contributed by atoms with Crippen molar-refractivity contribution in [2.75, 3.05) is 25.1 Å². The molecule has 0 saturated heterocycles. The number of aromatic nitrogens is 1. The largest absolute Gasteiger partial charge is 0.497 e. The zero-order valence-corrected chi connectivity index (χ0v) is 15.3. The fourth-order valence-electron chi connectivity index (χ4n) is 4.53. The van der Waals surface area contributed by atoms with Gasteiger partial charge in [-0.1, -0.05) is 5.92 Å². The van der Waals surface area contributed by atoms with Gasteiger partial charge >= 0.3 is 0 Å². The summed E-state index contributed by atoms with van der Waals surface area (Å²) in [5.74, 6) is 2.71. The van der Waals surface area contributed by atoms with Gasteiger partial charge in [0.25, 0.3) is 5.91 Å². The van der Waals surface area contributed by atoms with Crippen molar-refractivity contribution in [1.29, 1.82) is 0 Å². The number of halogens is 1. The van der Waals surface area contributed by atoms with Crippen LogP contribution < -0.4 is 15.0 Å². The van der Waals surface area contributed by atoms with Crippen LogP contribution in [0.15, 0.2) is 36.4 Å². The predicted octanol–water partition coefficient (Wildman–Crippen LogP) is 2.68. The Kier molecular flexibility index (Phi) is 3.52. The summed E-state index contributed by atoms with van der Waals surface area (Å²) in [7, 11) is 1.63. The molecule has 1 spiro atoms. The van der Waals surface area contributed by atoms with Gasteiger partial charge in [-0.25, -0.2) is 4.39 Å². The zero-order valence-electron chi connectivity index (χ0n) is 15.3. The number of H-pyrrole nitrogens is 1. The Labute approximate surface area is 161 Å². The molecule has 0 radical (unpaired) electrons. The highest BCUT2D eigenvalue weighted by Crippen LogP contribution is 2.48. The Morgan fingerprint density at radius 2 is 2.18 bits per heavy atom. The van der Waals surface area contributed by atoms with Crippen LogP contribution >= 0.6 is 0 Å². The lowest BCUT2D eigenvalue weighted by atomic mass is 9.82. The summed E-state index contributed by atoms with van der Waals surface area (Å²) in [6.45, 7) is 0.715. The molecule has 0 fully saturated rings. The molecular formula is C22H18FN3O2. The van der Waals surface area contributed by atoms with Gasteiger partial charge in [-0.3, -0.25) is 15.0 Å². The minimum atomic E-state index is -1.17. The first kappa shape index (κ1) is 16.8. The number of methoxy groups -OCH3 is 1. The van der Waals surface area contributed by atoms with Gasteiger partial charge in [-0.2, -0.15) is 0 Å². The molecule has 0 bridgehead atoms. The van der Waals surface area contributed by atoms with Gasteiger partial charge in [0.1, 0.15) is 11.6 Å². The van der Waals surface area contributed by atoms with E-state index in [4.69, 9.17) is 11.2 Å². The van der Waals surface area contributed by atoms with Gasteiger partial charge in [0.05, 0.1) is 25.0 Å². The first-order valence-corrected chi connectivity index (χ1v) is 9.09. The van der Waals surface area contributed by atoms with E-state index in [1.54, 1.807) is 18.1 Å². The van der Waals surface area contributed by atoms with E-state index in [1.807, 2.05) is 18.2 Å². The topological polar surface area (TPSA) is 57.4 Å². The Bertz CT molecular complexity index is 1180. The van der Waals surface area contributed by atoms with Crippen molar-refractivity contribution in [2.24, 2.45) is 0 Å². The Morgan fingerprint density at radius 3 is 2.96 bits per heavy atom. The Balaban J connectivity index is 1.82. The van der Waals surface area contributed by atoms with E-state index in [0.29, 0.717) is 17.8 Å². The van der Waals surface area contributed by atoms with Gasteiger partial charge < -0.3 is 9.72 Å². The molecule has 3 heterocycles. The van der Waals surface area contributed by atoms with Crippen LogP contribution in [0.2, 0.25) is 0 Å². The van der Waals surface area contributed by atoms with Gasteiger partial charge in [0.15, 0.2) is 5.54 Å². The summed E-state index contributed by atoms with van der Waals surface area (Å²) in [6.07, 6.45) is 6.25. The fourth-order valence-corrected chi connectivity index (χ4v) is 4.53. The molecule has 2 aliphatic rings. The lowest BCUT2D eigenvalue weighted by molar-refractivity contribution is -0.123. The molecule has 1 atom stereocenters. The van der Waals surface area contributed by atoms with Gasteiger partial charge in [0, 0.05) is 23.0 Å². The van der Waals surface area contributed by atoms with Crippen LogP contribution in [0.1, 0.15) is 16.8 Å². The summed E-state index contributed by atoms with van der Waals surface area (Å²) in [5.41, 5.74) is 2.76. The predicted molar refractivity (Wildman–Crippen MR) is 105 cm³/mol. The molecule has 0 saturated carbocycles. The zero-order chi connectivity index (χ0) is 19.5. The molecule has 28 heavy (non-hydrogen) atoms. The van der Waals surface area contributed by atoms with Crippen molar-refractivity contribution in [3.63, 3.8) is 0 Å². The molecular weight excluding hydrogens is 357 g/mol. The second-order valence-corrected chi connectivity index (χ2v) is 7.07. The third-order valence-electron chi connectivity index (χ3n) is 5.72. The lowest BCUT2D eigenvalue weighted by Crippen LogP contribution is -2.55. The number of ether oxygens (including phenoxy) is 1. The number of hydrogen-bond donors (Lipinski definition) is 2. The maximum Gasteiger partial charge on any atom is 0.259 e. The quantitative estimate of drug-likeness (QED) is 0.677. The number of fused-ring (bicyclic) bond motifs is 6. The van der Waals surface area contributed by atoms with E-state index in [1.165, 1.54) is 12.1 Å². The molecule has 2 N–H and O–H groups in total. The third kappa shape index (κ3) is 2.02. The first-order valence-electron chi connectivity index (χ1n) is 9.09. The summed E-state index contributed by atoms with van der Waals surface area (Å²) >= 11 is 0. The van der Waals surface area contributed by atoms with Crippen molar-refractivity contribution in [1.82, 2.24) is 10.3 Å². The molecule has 0 unspecified atom stereocenters. The molecule has 1 amide bonds. The third-order valence-corrected chi connectivity index (χ3v) is 5.72. The van der Waals surface area contributed by atoms with E-state index in [2.05, 4.69) is 16.2 Å². The number of terminal acetylenes is 1. The second-order valence-electron chi connectivity index (χ2n) is 7.07. The monoisotopic (exact) mass is 375 g/mol. The maximum atomic E-state index is 14.2. The smallest absolute Gasteiger partial charge is 0.259 e. The van der Waals surface area contributed by atoms with Crippen LogP contribution in [0.4, 0.5) is 10.1 Å². The SMILES string of the molecule is C#CCN1C(=O)[C@]2(NCCc3c2[nH]c2ccc(OC)cc32)c2cc(F)ccc21. The fraction of sp³-hybridized carbons (Fsp3) is 0.227. The molecule has 140 valence electrons. The number of anilines is 1. The molecule has 2 aromatic carbocycles. The molecule has 0 aliphatic carbocycles. The number of rotatable bonds is 2. The van der Waals surface area contributed by atoms with E-state index in [0.717, 1.165) is 34.3 Å². The summed E-state index contributed by atoms with van der Waals surface area (Å²) in [6, 6.07) is 10.2. The van der Waals surface area contributed by atoms with Gasteiger partial charge in [-0.05, 0) is 48.4 Å². The second kappa shape index (κ2) is 5.85. The Morgan fingerprint density at radius 1 is 1.32 bits per heavy atom. The van der Waals surface area contributed by atoms with Crippen LogP contribution in [0.5, 0.6) is 5.75 Å². The van der Waals surface area contributed by atoms with Crippen molar-refractivity contribution < 1.29 is 13.9 Å². The number of aromatic amines is 1. The summed E-state index contributed by atoms with van der Waals surface area (Å²) < 4.78 is 19.6. The molecule has 6 heteroatoms. The van der Waals surface area contributed by atoms with Crippen molar-refractivity contribution in [2.45, 2.75) is 12.0 Å². The minimum Gasteiger partial charge on any atom is -0.497 e. The average molecular weight is 375 g/mol. The van der Waals surface area contributed by atoms with Crippen LogP contribution in [-0.4, -0.2) is 31.1 Å². The maximum absolute atomic E-state index is 14.2. The molecule has 2 aliphatic heterocycles. The van der Waals surface area contributed by atoms with Gasteiger partial charge in [-0.15, -0.1) is 6.42 Å². The van der Waals surface area contributed by atoms with E-state index in [-0.39, 0.29) is 18.3 Å². The molecule has 5 rings (SSSR count). The number of hydrogen-bond acceptors (Lipinski definition) is 3. The molecule has 3 aromatic rings. The number of nitrogens with one attached hydrogen (secondary N) is 2. The minimum absolute atomic E-state index is 0.129. The Hall–Kier alpha value is -3.30. The van der Waals surface area contributed by atoms with Gasteiger partial charge in [0.2, 0.25) is 0 Å². The lowest BCUT2D eigenvalue weighted by Gasteiger charge is -2.34. The van der Waals surface area contributed by atoms with E-state index >= 15 is 0 Å². The van der Waals surface area contributed by atoms with Crippen LogP contribution in [0.25, 0.3) is 10.9 Å². The number of amides is 1. The standard InChI is InChI=1S/C22H18FN3O2/c1-3-10-26-19-7-4-13(23)11-17(19)22(21(26)27)20-15(8-9-24-22)16-12-14(28-2)5-6-18(16)25-20/h1,4-7,11-12,24-25H,8-10H2,2H3/t22-/m0/s1. The molecule has 1 aromatic heterocycles. The average Bonchev–Trinajstić information content (AvgIpc) is 3.19. The van der Waals surface area contributed by atoms with E-state index < -0.39 is 5.54 Å². The van der Waals surface area contributed by atoms with Crippen molar-refractivity contribution in [3.05, 3.63) is 59.0 Å². The highest BCUT2D eigenvalue weighted by Gasteiger charge is 2.55. The number of carbonyl (C=O) groups is 1. The number of carbonyl (C=O) groups excluding carboxylic acids is 1. The molecule has 5 nitrogen and oxygen atoms in total. The highest BCUT2D eigenvalue weighted by atomic mass is 19.1. The van der Waals surface area contributed by atoms with Crippen LogP contribution in [-0.2, 0) is 16.8 Å². The summed E-state index contributed by atoms with van der Waals surface area (Å²) in [4.78, 5) is 18.6. The number of benzene rings is 2. The van der Waals surface area contributed by atoms with E-state index in [9.17, 15) is 9.18 Å². The van der Waals surface area contributed by atoms with Crippen molar-refractivity contribution >= 4 is 22.5 Å². The van der Waals surface area contributed by atoms with Crippen LogP contribution in [0.3, 0.4) is 0 Å².